The molecule has 0 spiro atoms. The second kappa shape index (κ2) is 7.65. The molecule has 1 aliphatic heterocycles. The third-order valence-electron chi connectivity index (χ3n) is 4.34. The maximum atomic E-state index is 12.4. The Labute approximate surface area is 171 Å². The van der Waals surface area contributed by atoms with Gasteiger partial charge in [-0.25, -0.2) is 4.98 Å². The van der Waals surface area contributed by atoms with Crippen molar-refractivity contribution in [3.05, 3.63) is 63.8 Å². The highest BCUT2D eigenvalue weighted by Gasteiger charge is 2.25. The minimum Gasteiger partial charge on any atom is -0.497 e. The van der Waals surface area contributed by atoms with E-state index in [1.165, 1.54) is 23.1 Å². The van der Waals surface area contributed by atoms with Crippen LogP contribution in [0.5, 0.6) is 5.75 Å². The number of aliphatic imine (C=N–C) groups is 1. The van der Waals surface area contributed by atoms with Gasteiger partial charge in [-0.3, -0.25) is 4.79 Å². The summed E-state index contributed by atoms with van der Waals surface area (Å²) < 4.78 is 7.49. The molecule has 28 heavy (non-hydrogen) atoms. The van der Waals surface area contributed by atoms with Crippen LogP contribution in [0.4, 0.5) is 5.13 Å². The van der Waals surface area contributed by atoms with Crippen LogP contribution < -0.4 is 10.1 Å². The molecule has 1 aliphatic rings. The van der Waals surface area contributed by atoms with E-state index >= 15 is 0 Å². The first kappa shape index (κ1) is 18.5. The number of hydrogen-bond acceptors (Lipinski definition) is 6. The summed E-state index contributed by atoms with van der Waals surface area (Å²) in [6, 6.07) is 9.99. The van der Waals surface area contributed by atoms with Crippen molar-refractivity contribution in [2.45, 2.75) is 13.8 Å². The number of benzene rings is 1. The lowest BCUT2D eigenvalue weighted by Crippen LogP contribution is -2.19. The van der Waals surface area contributed by atoms with Crippen molar-refractivity contribution >= 4 is 45.4 Å². The monoisotopic (exact) mass is 410 g/mol. The molecule has 1 amide bonds. The van der Waals surface area contributed by atoms with Crippen LogP contribution in [0.15, 0.2) is 51.8 Å². The van der Waals surface area contributed by atoms with Crippen molar-refractivity contribution in [3.63, 3.8) is 0 Å². The quantitative estimate of drug-likeness (QED) is 0.645. The van der Waals surface area contributed by atoms with E-state index < -0.39 is 0 Å². The molecule has 8 heteroatoms. The number of thioether (sulfide) groups is 1. The molecule has 0 saturated carbocycles. The fraction of sp³-hybridized carbons (Fsp3) is 0.150. The average Bonchev–Trinajstić information content (AvgIpc) is 3.37. The minimum absolute atomic E-state index is 0.147. The number of nitrogens with one attached hydrogen (secondary N) is 1. The lowest BCUT2D eigenvalue weighted by Gasteiger charge is -2.11. The second-order valence-electron chi connectivity index (χ2n) is 6.16. The number of carbonyl (C=O) groups excluding carboxylic acids is 1. The Morgan fingerprint density at radius 3 is 2.89 bits per heavy atom. The van der Waals surface area contributed by atoms with Crippen LogP contribution >= 0.6 is 23.1 Å². The van der Waals surface area contributed by atoms with E-state index in [-0.39, 0.29) is 5.91 Å². The van der Waals surface area contributed by atoms with Crippen molar-refractivity contribution in [3.8, 4) is 11.4 Å². The van der Waals surface area contributed by atoms with Gasteiger partial charge in [0.15, 0.2) is 5.17 Å². The molecule has 0 atom stereocenters. The Morgan fingerprint density at radius 2 is 2.14 bits per heavy atom. The van der Waals surface area contributed by atoms with Gasteiger partial charge in [-0.2, -0.15) is 4.99 Å². The predicted molar refractivity (Wildman–Crippen MR) is 115 cm³/mol. The number of hydrogen-bond donors (Lipinski definition) is 1. The molecule has 142 valence electrons. The average molecular weight is 411 g/mol. The lowest BCUT2D eigenvalue weighted by molar-refractivity contribution is -0.115. The number of amidine groups is 1. The zero-order valence-corrected chi connectivity index (χ0v) is 17.2. The van der Waals surface area contributed by atoms with Crippen LogP contribution in [0.25, 0.3) is 11.8 Å². The van der Waals surface area contributed by atoms with Crippen molar-refractivity contribution < 1.29 is 9.53 Å². The number of aryl methyl sites for hydroxylation is 1. The predicted octanol–water partition coefficient (Wildman–Crippen LogP) is 4.45. The SMILES string of the molecule is COc1cccc(-n2c(C)cc(/C=C3\S/C(=N/c4nccs4)NC3=O)c2C)c1. The third-order valence-corrected chi connectivity index (χ3v) is 5.91. The number of amides is 1. The van der Waals surface area contributed by atoms with E-state index in [0.717, 1.165) is 28.4 Å². The van der Waals surface area contributed by atoms with Crippen LogP contribution in [0, 0.1) is 13.8 Å². The fourth-order valence-corrected chi connectivity index (χ4v) is 4.44. The summed E-state index contributed by atoms with van der Waals surface area (Å²) in [6.45, 7) is 4.09. The number of methoxy groups -OCH3 is 1. The molecular formula is C20H18N4O2S2. The first-order valence-corrected chi connectivity index (χ1v) is 10.3. The topological polar surface area (TPSA) is 68.5 Å². The molecule has 1 saturated heterocycles. The number of rotatable bonds is 4. The fourth-order valence-electron chi connectivity index (χ4n) is 3.06. The van der Waals surface area contributed by atoms with Gasteiger partial charge in [0.25, 0.3) is 5.91 Å². The normalized spacial score (nSPS) is 16.8. The summed E-state index contributed by atoms with van der Waals surface area (Å²) in [7, 11) is 1.66. The highest BCUT2D eigenvalue weighted by molar-refractivity contribution is 8.18. The summed E-state index contributed by atoms with van der Waals surface area (Å²) in [5, 5.41) is 5.83. The van der Waals surface area contributed by atoms with E-state index in [4.69, 9.17) is 4.74 Å². The molecule has 0 unspecified atom stereocenters. The molecule has 1 aromatic carbocycles. The van der Waals surface area contributed by atoms with Crippen LogP contribution in [0.1, 0.15) is 17.0 Å². The molecule has 6 nitrogen and oxygen atoms in total. The van der Waals surface area contributed by atoms with Crippen molar-refractivity contribution in [2.75, 3.05) is 7.11 Å². The van der Waals surface area contributed by atoms with Crippen molar-refractivity contribution in [1.82, 2.24) is 14.9 Å². The standard InChI is InChI=1S/C20H18N4O2S2/c1-12-9-14(13(2)24(12)15-5-4-6-16(11-15)26-3)10-17-18(25)22-20(28-17)23-19-21-7-8-27-19/h4-11H,1-3H3,(H,21,22,23,25)/b17-10-. The first-order valence-electron chi connectivity index (χ1n) is 8.57. The maximum absolute atomic E-state index is 12.4. The van der Waals surface area contributed by atoms with Gasteiger partial charge < -0.3 is 14.6 Å². The smallest absolute Gasteiger partial charge is 0.264 e. The summed E-state index contributed by atoms with van der Waals surface area (Å²) in [6.07, 6.45) is 3.60. The molecular weight excluding hydrogens is 392 g/mol. The van der Waals surface area contributed by atoms with Crippen molar-refractivity contribution in [1.29, 1.82) is 0 Å². The van der Waals surface area contributed by atoms with Gasteiger partial charge in [-0.1, -0.05) is 6.07 Å². The zero-order valence-electron chi connectivity index (χ0n) is 15.6. The van der Waals surface area contributed by atoms with Gasteiger partial charge in [0.1, 0.15) is 5.75 Å². The number of thiazole rings is 1. The molecule has 0 radical (unpaired) electrons. The number of aromatic nitrogens is 2. The third kappa shape index (κ3) is 3.61. The maximum Gasteiger partial charge on any atom is 0.264 e. The van der Waals surface area contributed by atoms with Gasteiger partial charge in [0.05, 0.1) is 12.0 Å². The minimum atomic E-state index is -0.147. The Kier molecular flexibility index (Phi) is 5.06. The van der Waals surface area contributed by atoms with Gasteiger partial charge in [0, 0.05) is 34.7 Å². The largest absolute Gasteiger partial charge is 0.497 e. The molecule has 0 aliphatic carbocycles. The van der Waals surface area contributed by atoms with E-state index in [1.54, 1.807) is 13.3 Å². The second-order valence-corrected chi connectivity index (χ2v) is 8.06. The van der Waals surface area contributed by atoms with Crippen LogP contribution in [0.2, 0.25) is 0 Å². The van der Waals surface area contributed by atoms with Crippen LogP contribution in [-0.4, -0.2) is 27.7 Å². The molecule has 3 aromatic rings. The van der Waals surface area contributed by atoms with Crippen LogP contribution in [-0.2, 0) is 4.79 Å². The summed E-state index contributed by atoms with van der Waals surface area (Å²) >= 11 is 2.75. The summed E-state index contributed by atoms with van der Waals surface area (Å²) in [5.74, 6) is 0.658. The van der Waals surface area contributed by atoms with Crippen molar-refractivity contribution in [2.24, 2.45) is 4.99 Å². The molecule has 1 N–H and O–H groups in total. The van der Waals surface area contributed by atoms with Gasteiger partial charge in [-0.15, -0.1) is 11.3 Å². The summed E-state index contributed by atoms with van der Waals surface area (Å²) in [4.78, 5) is 21.5. The molecule has 3 heterocycles. The molecule has 2 aromatic heterocycles. The van der Waals surface area contributed by atoms with Gasteiger partial charge in [0.2, 0.25) is 5.13 Å². The van der Waals surface area contributed by atoms with E-state index in [9.17, 15) is 4.79 Å². The first-order chi connectivity index (χ1) is 13.5. The van der Waals surface area contributed by atoms with Gasteiger partial charge in [-0.05, 0) is 55.4 Å². The lowest BCUT2D eigenvalue weighted by atomic mass is 10.2. The van der Waals surface area contributed by atoms with E-state index in [0.29, 0.717) is 15.2 Å². The molecule has 1 fully saturated rings. The highest BCUT2D eigenvalue weighted by atomic mass is 32.2. The number of carbonyl (C=O) groups is 1. The Bertz CT molecular complexity index is 1100. The van der Waals surface area contributed by atoms with Gasteiger partial charge >= 0.3 is 0 Å². The number of nitrogens with zero attached hydrogens (tertiary/aromatic N) is 3. The zero-order chi connectivity index (χ0) is 19.7. The Morgan fingerprint density at radius 1 is 1.29 bits per heavy atom. The Hall–Kier alpha value is -2.84. The highest BCUT2D eigenvalue weighted by Crippen LogP contribution is 2.31. The summed E-state index contributed by atoms with van der Waals surface area (Å²) in [5.41, 5.74) is 4.15. The van der Waals surface area contributed by atoms with Crippen LogP contribution in [0.3, 0.4) is 0 Å². The van der Waals surface area contributed by atoms with E-state index in [2.05, 4.69) is 25.9 Å². The Balaban J connectivity index is 1.66. The number of ether oxygens (including phenoxy) is 1. The molecule has 0 bridgehead atoms. The molecule has 4 rings (SSSR count). The van der Waals surface area contributed by atoms with E-state index in [1.807, 2.05) is 49.6 Å².